The van der Waals surface area contributed by atoms with Crippen molar-refractivity contribution >= 4 is 11.3 Å². The Kier molecular flexibility index (Phi) is 5.56. The average molecular weight is 290 g/mol. The van der Waals surface area contributed by atoms with Crippen LogP contribution >= 0.6 is 11.3 Å². The molecule has 1 N–H and O–H groups in total. The van der Waals surface area contributed by atoms with Crippen LogP contribution in [0.4, 0.5) is 0 Å². The summed E-state index contributed by atoms with van der Waals surface area (Å²) in [5.41, 5.74) is 2.25. The van der Waals surface area contributed by atoms with E-state index in [2.05, 4.69) is 48.6 Å². The Morgan fingerprint density at radius 2 is 2.10 bits per heavy atom. The number of hydrogen-bond donors (Lipinski definition) is 1. The number of thiazole rings is 1. The predicted octanol–water partition coefficient (Wildman–Crippen LogP) is 3.96. The zero-order valence-electron chi connectivity index (χ0n) is 12.3. The van der Waals surface area contributed by atoms with E-state index < -0.39 is 0 Å². The predicted molar refractivity (Wildman–Crippen MR) is 84.4 cm³/mol. The van der Waals surface area contributed by atoms with Crippen LogP contribution in [0.2, 0.25) is 0 Å². The summed E-state index contributed by atoms with van der Waals surface area (Å²) >= 11 is 1.68. The molecule has 2 aromatic rings. The summed E-state index contributed by atoms with van der Waals surface area (Å²) in [6.07, 6.45) is 0. The summed E-state index contributed by atoms with van der Waals surface area (Å²) in [7, 11) is 0. The van der Waals surface area contributed by atoms with Crippen LogP contribution in [0.25, 0.3) is 0 Å². The second-order valence-corrected chi connectivity index (χ2v) is 5.94. The van der Waals surface area contributed by atoms with Crippen molar-refractivity contribution in [2.45, 2.75) is 39.8 Å². The van der Waals surface area contributed by atoms with Crippen LogP contribution in [-0.4, -0.2) is 11.5 Å². The second kappa shape index (κ2) is 7.41. The lowest BCUT2D eigenvalue weighted by Gasteiger charge is -2.12. The van der Waals surface area contributed by atoms with Gasteiger partial charge in [-0.25, -0.2) is 4.98 Å². The lowest BCUT2D eigenvalue weighted by Crippen LogP contribution is -2.11. The lowest BCUT2D eigenvalue weighted by atomic mass is 10.0. The van der Waals surface area contributed by atoms with Crippen molar-refractivity contribution < 1.29 is 4.74 Å². The van der Waals surface area contributed by atoms with Crippen LogP contribution in [0.5, 0.6) is 5.75 Å². The van der Waals surface area contributed by atoms with Gasteiger partial charge in [-0.2, -0.15) is 0 Å². The van der Waals surface area contributed by atoms with E-state index >= 15 is 0 Å². The van der Waals surface area contributed by atoms with Gasteiger partial charge in [-0.3, -0.25) is 0 Å². The Balaban J connectivity index is 1.96. The van der Waals surface area contributed by atoms with E-state index in [-0.39, 0.29) is 0 Å². The Labute approximate surface area is 125 Å². The van der Waals surface area contributed by atoms with Crippen molar-refractivity contribution in [1.29, 1.82) is 0 Å². The number of nitrogens with one attached hydrogen (secondary N) is 1. The summed E-state index contributed by atoms with van der Waals surface area (Å²) < 4.78 is 5.93. The highest BCUT2D eigenvalue weighted by molar-refractivity contribution is 7.09. The summed E-state index contributed by atoms with van der Waals surface area (Å²) in [5, 5.41) is 6.47. The number of rotatable bonds is 7. The Morgan fingerprint density at radius 3 is 2.85 bits per heavy atom. The van der Waals surface area contributed by atoms with Crippen molar-refractivity contribution in [1.82, 2.24) is 10.3 Å². The Hall–Kier alpha value is -1.39. The number of hydrogen-bond acceptors (Lipinski definition) is 4. The summed E-state index contributed by atoms with van der Waals surface area (Å²) in [5.74, 6) is 1.43. The fourth-order valence-corrected chi connectivity index (χ4v) is 2.72. The molecule has 1 aromatic carbocycles. The molecule has 2 rings (SSSR count). The molecule has 1 heterocycles. The molecule has 0 aliphatic heterocycles. The van der Waals surface area contributed by atoms with E-state index in [1.165, 1.54) is 5.56 Å². The monoisotopic (exact) mass is 290 g/mol. The first-order valence-corrected chi connectivity index (χ1v) is 7.94. The first kappa shape index (κ1) is 15.0. The zero-order valence-corrected chi connectivity index (χ0v) is 13.2. The summed E-state index contributed by atoms with van der Waals surface area (Å²) in [6.45, 7) is 8.79. The summed E-state index contributed by atoms with van der Waals surface area (Å²) in [6, 6.07) is 8.22. The van der Waals surface area contributed by atoms with Crippen LogP contribution in [0.15, 0.2) is 29.6 Å². The quantitative estimate of drug-likeness (QED) is 0.838. The number of benzene rings is 1. The molecule has 0 saturated heterocycles. The van der Waals surface area contributed by atoms with Gasteiger partial charge in [0.15, 0.2) is 0 Å². The molecule has 0 aliphatic carbocycles. The molecule has 0 spiro atoms. The van der Waals surface area contributed by atoms with Gasteiger partial charge in [0.2, 0.25) is 0 Å². The normalized spacial score (nSPS) is 11.0. The smallest absolute Gasteiger partial charge is 0.131 e. The van der Waals surface area contributed by atoms with Crippen LogP contribution in [0.3, 0.4) is 0 Å². The highest BCUT2D eigenvalue weighted by Crippen LogP contribution is 2.26. The number of aromatic nitrogens is 1. The first-order chi connectivity index (χ1) is 9.70. The fraction of sp³-hybridized carbons (Fsp3) is 0.438. The number of ether oxygens (including phenoxy) is 1. The van der Waals surface area contributed by atoms with E-state index in [0.29, 0.717) is 12.5 Å². The molecule has 1 aromatic heterocycles. The molecular weight excluding hydrogens is 268 g/mol. The van der Waals surface area contributed by atoms with Gasteiger partial charge in [-0.15, -0.1) is 11.3 Å². The zero-order chi connectivity index (χ0) is 14.4. The number of nitrogens with zero attached hydrogens (tertiary/aromatic N) is 1. The molecule has 0 aliphatic rings. The first-order valence-electron chi connectivity index (χ1n) is 7.06. The van der Waals surface area contributed by atoms with Crippen molar-refractivity contribution in [2.24, 2.45) is 0 Å². The standard InChI is InChI=1S/C16H22N2OS/c1-4-17-9-16-18-13(11-20-16)10-19-15-8-6-5-7-14(15)12(2)3/h5-8,11-12,17H,4,9-10H2,1-3H3. The SMILES string of the molecule is CCNCc1nc(COc2ccccc2C(C)C)cs1. The van der Waals surface area contributed by atoms with E-state index in [0.717, 1.165) is 29.5 Å². The van der Waals surface area contributed by atoms with Gasteiger partial charge in [0.25, 0.3) is 0 Å². The van der Waals surface area contributed by atoms with E-state index in [4.69, 9.17) is 4.74 Å². The molecule has 0 fully saturated rings. The molecule has 0 amide bonds. The second-order valence-electron chi connectivity index (χ2n) is 4.99. The maximum Gasteiger partial charge on any atom is 0.131 e. The van der Waals surface area contributed by atoms with Gasteiger partial charge >= 0.3 is 0 Å². The average Bonchev–Trinajstić information content (AvgIpc) is 2.91. The number of para-hydroxylation sites is 1. The van der Waals surface area contributed by atoms with E-state index in [9.17, 15) is 0 Å². The molecule has 108 valence electrons. The third kappa shape index (κ3) is 4.05. The van der Waals surface area contributed by atoms with Crippen LogP contribution in [-0.2, 0) is 13.2 Å². The van der Waals surface area contributed by atoms with Crippen LogP contribution < -0.4 is 10.1 Å². The topological polar surface area (TPSA) is 34.2 Å². The van der Waals surface area contributed by atoms with Crippen molar-refractivity contribution in [3.8, 4) is 5.75 Å². The maximum atomic E-state index is 5.93. The fourth-order valence-electron chi connectivity index (χ4n) is 1.97. The Bertz CT molecular complexity index is 537. The molecule has 20 heavy (non-hydrogen) atoms. The molecular formula is C16H22N2OS. The highest BCUT2D eigenvalue weighted by Gasteiger charge is 2.08. The molecule has 0 bridgehead atoms. The van der Waals surface area contributed by atoms with Gasteiger partial charge in [0.1, 0.15) is 17.4 Å². The highest BCUT2D eigenvalue weighted by atomic mass is 32.1. The minimum atomic E-state index is 0.464. The van der Waals surface area contributed by atoms with Crippen molar-refractivity contribution in [3.05, 3.63) is 45.9 Å². The van der Waals surface area contributed by atoms with E-state index in [1.807, 2.05) is 12.1 Å². The van der Waals surface area contributed by atoms with Crippen LogP contribution in [0, 0.1) is 0 Å². The minimum Gasteiger partial charge on any atom is -0.487 e. The molecule has 0 saturated carbocycles. The molecule has 0 unspecified atom stereocenters. The van der Waals surface area contributed by atoms with Crippen molar-refractivity contribution in [2.75, 3.05) is 6.54 Å². The van der Waals surface area contributed by atoms with Gasteiger partial charge in [-0.1, -0.05) is 39.0 Å². The maximum absolute atomic E-state index is 5.93. The third-order valence-electron chi connectivity index (χ3n) is 3.04. The summed E-state index contributed by atoms with van der Waals surface area (Å²) in [4.78, 5) is 4.57. The molecule has 4 heteroatoms. The minimum absolute atomic E-state index is 0.464. The van der Waals surface area contributed by atoms with Gasteiger partial charge in [0.05, 0.1) is 5.69 Å². The van der Waals surface area contributed by atoms with Crippen molar-refractivity contribution in [3.63, 3.8) is 0 Å². The molecule has 3 nitrogen and oxygen atoms in total. The largest absolute Gasteiger partial charge is 0.487 e. The Morgan fingerprint density at radius 1 is 1.30 bits per heavy atom. The third-order valence-corrected chi connectivity index (χ3v) is 3.94. The van der Waals surface area contributed by atoms with Gasteiger partial charge in [0, 0.05) is 11.9 Å². The lowest BCUT2D eigenvalue weighted by molar-refractivity contribution is 0.297. The van der Waals surface area contributed by atoms with Crippen LogP contribution in [0.1, 0.15) is 43.0 Å². The molecule has 0 radical (unpaired) electrons. The van der Waals surface area contributed by atoms with Gasteiger partial charge in [-0.05, 0) is 24.1 Å². The van der Waals surface area contributed by atoms with E-state index in [1.54, 1.807) is 11.3 Å². The van der Waals surface area contributed by atoms with Gasteiger partial charge < -0.3 is 10.1 Å². The molecule has 0 atom stereocenters.